The number of fused-ring (bicyclic) bond motifs is 1. The van der Waals surface area contributed by atoms with Crippen LogP contribution in [0, 0.1) is 12.8 Å². The van der Waals surface area contributed by atoms with E-state index in [1.165, 1.54) is 7.11 Å². The quantitative estimate of drug-likeness (QED) is 0.824. The summed E-state index contributed by atoms with van der Waals surface area (Å²) in [6.45, 7) is 5.52. The van der Waals surface area contributed by atoms with Gasteiger partial charge in [0.15, 0.2) is 0 Å². The van der Waals surface area contributed by atoms with Crippen molar-refractivity contribution in [2.75, 3.05) is 12.4 Å². The van der Waals surface area contributed by atoms with Crippen LogP contribution >= 0.6 is 0 Å². The van der Waals surface area contributed by atoms with Crippen molar-refractivity contribution in [1.82, 2.24) is 4.90 Å². The van der Waals surface area contributed by atoms with Gasteiger partial charge in [-0.25, -0.2) is 0 Å². The summed E-state index contributed by atoms with van der Waals surface area (Å²) >= 11 is 0. The van der Waals surface area contributed by atoms with Crippen molar-refractivity contribution in [3.05, 3.63) is 59.2 Å². The molecule has 0 saturated heterocycles. The van der Waals surface area contributed by atoms with E-state index < -0.39 is 23.8 Å². The highest BCUT2D eigenvalue weighted by atomic mass is 16.5. The third kappa shape index (κ3) is 3.30. The van der Waals surface area contributed by atoms with E-state index in [9.17, 15) is 14.4 Å². The molecule has 1 heterocycles. The molecule has 2 aromatic rings. The molecular weight excluding hydrogens is 344 g/mol. The van der Waals surface area contributed by atoms with Gasteiger partial charge in [-0.1, -0.05) is 32.0 Å². The molecule has 0 aromatic heterocycles. The maximum absolute atomic E-state index is 13.0. The largest absolute Gasteiger partial charge is 0.495 e. The number of amides is 3. The van der Waals surface area contributed by atoms with Gasteiger partial charge in [0, 0.05) is 0 Å². The van der Waals surface area contributed by atoms with E-state index >= 15 is 0 Å². The fourth-order valence-corrected chi connectivity index (χ4v) is 3.30. The normalized spacial score (nSPS) is 14.3. The van der Waals surface area contributed by atoms with Crippen LogP contribution in [0.4, 0.5) is 5.69 Å². The number of carbonyl (C=O) groups excluding carboxylic acids is 3. The first-order chi connectivity index (χ1) is 12.8. The summed E-state index contributed by atoms with van der Waals surface area (Å²) in [4.78, 5) is 39.7. The van der Waals surface area contributed by atoms with Gasteiger partial charge in [-0.15, -0.1) is 0 Å². The highest BCUT2D eigenvalue weighted by Crippen LogP contribution is 2.30. The standard InChI is InChI=1S/C21H22N2O4/c1-12(2)18(19(24)22-16-11-13(3)9-10-17(16)27-4)23-20(25)14-7-5-6-8-15(14)21(23)26/h5-12,18H,1-4H3,(H,22,24)/t18-/m1/s1. The van der Waals surface area contributed by atoms with E-state index in [1.807, 2.05) is 13.0 Å². The first kappa shape index (κ1) is 18.6. The molecule has 0 spiro atoms. The van der Waals surface area contributed by atoms with Crippen molar-refractivity contribution >= 4 is 23.4 Å². The van der Waals surface area contributed by atoms with Crippen LogP contribution in [0.2, 0.25) is 0 Å². The van der Waals surface area contributed by atoms with E-state index in [2.05, 4.69) is 5.32 Å². The molecule has 27 heavy (non-hydrogen) atoms. The number of hydrogen-bond acceptors (Lipinski definition) is 4. The Hall–Kier alpha value is -3.15. The summed E-state index contributed by atoms with van der Waals surface area (Å²) in [6.07, 6.45) is 0. The Morgan fingerprint density at radius 2 is 1.63 bits per heavy atom. The zero-order chi connectivity index (χ0) is 19.7. The summed E-state index contributed by atoms with van der Waals surface area (Å²) in [5.74, 6) is -1.06. The Bertz CT molecular complexity index is 885. The summed E-state index contributed by atoms with van der Waals surface area (Å²) in [5.41, 5.74) is 2.11. The number of aryl methyl sites for hydroxylation is 1. The molecule has 3 rings (SSSR count). The van der Waals surface area contributed by atoms with Gasteiger partial charge in [0.2, 0.25) is 5.91 Å². The molecule has 3 amide bonds. The van der Waals surface area contributed by atoms with Gasteiger partial charge in [0.05, 0.1) is 23.9 Å². The second kappa shape index (κ2) is 7.23. The first-order valence-electron chi connectivity index (χ1n) is 8.77. The number of hydrogen-bond donors (Lipinski definition) is 1. The molecule has 6 nitrogen and oxygen atoms in total. The molecule has 1 atom stereocenters. The number of nitrogens with one attached hydrogen (secondary N) is 1. The lowest BCUT2D eigenvalue weighted by molar-refractivity contribution is -0.121. The van der Waals surface area contributed by atoms with Crippen LogP contribution in [-0.4, -0.2) is 35.8 Å². The average Bonchev–Trinajstić information content (AvgIpc) is 2.87. The summed E-state index contributed by atoms with van der Waals surface area (Å²) < 4.78 is 5.30. The summed E-state index contributed by atoms with van der Waals surface area (Å²) in [6, 6.07) is 11.1. The van der Waals surface area contributed by atoms with Crippen LogP contribution in [0.3, 0.4) is 0 Å². The van der Waals surface area contributed by atoms with Crippen LogP contribution in [0.5, 0.6) is 5.75 Å². The minimum atomic E-state index is -0.928. The number of nitrogens with zero attached hydrogens (tertiary/aromatic N) is 1. The minimum absolute atomic E-state index is 0.261. The molecular formula is C21H22N2O4. The Labute approximate surface area is 158 Å². The first-order valence-corrected chi connectivity index (χ1v) is 8.77. The molecule has 140 valence electrons. The van der Waals surface area contributed by atoms with Crippen LogP contribution in [0.15, 0.2) is 42.5 Å². The third-order valence-electron chi connectivity index (χ3n) is 4.62. The molecule has 0 saturated carbocycles. The van der Waals surface area contributed by atoms with Crippen molar-refractivity contribution in [2.45, 2.75) is 26.8 Å². The number of carbonyl (C=O) groups is 3. The third-order valence-corrected chi connectivity index (χ3v) is 4.62. The number of rotatable bonds is 5. The lowest BCUT2D eigenvalue weighted by Crippen LogP contribution is -2.50. The fourth-order valence-electron chi connectivity index (χ4n) is 3.30. The maximum atomic E-state index is 13.0. The van der Waals surface area contributed by atoms with E-state index in [1.54, 1.807) is 50.2 Å². The van der Waals surface area contributed by atoms with Crippen LogP contribution in [0.1, 0.15) is 40.1 Å². The highest BCUT2D eigenvalue weighted by molar-refractivity contribution is 6.23. The zero-order valence-corrected chi connectivity index (χ0v) is 15.8. The van der Waals surface area contributed by atoms with Crippen molar-refractivity contribution in [2.24, 2.45) is 5.92 Å². The van der Waals surface area contributed by atoms with Gasteiger partial charge >= 0.3 is 0 Å². The maximum Gasteiger partial charge on any atom is 0.262 e. The number of anilines is 1. The van der Waals surface area contributed by atoms with Crippen LogP contribution < -0.4 is 10.1 Å². The van der Waals surface area contributed by atoms with Crippen molar-refractivity contribution < 1.29 is 19.1 Å². The average molecular weight is 366 g/mol. The molecule has 2 aromatic carbocycles. The van der Waals surface area contributed by atoms with E-state index in [4.69, 9.17) is 4.74 Å². The van der Waals surface area contributed by atoms with Crippen molar-refractivity contribution in [1.29, 1.82) is 0 Å². The Kier molecular flexibility index (Phi) is 4.99. The van der Waals surface area contributed by atoms with Crippen LogP contribution in [-0.2, 0) is 4.79 Å². The Morgan fingerprint density at radius 1 is 1.04 bits per heavy atom. The number of ether oxygens (including phenoxy) is 1. The molecule has 0 bridgehead atoms. The second-order valence-electron chi connectivity index (χ2n) is 6.91. The lowest BCUT2D eigenvalue weighted by atomic mass is 10.0. The van der Waals surface area contributed by atoms with Gasteiger partial charge in [0.1, 0.15) is 11.8 Å². The minimum Gasteiger partial charge on any atom is -0.495 e. The second-order valence-corrected chi connectivity index (χ2v) is 6.91. The Morgan fingerprint density at radius 3 is 2.15 bits per heavy atom. The predicted molar refractivity (Wildman–Crippen MR) is 102 cm³/mol. The van der Waals surface area contributed by atoms with Gasteiger partial charge in [-0.3, -0.25) is 19.3 Å². The van der Waals surface area contributed by atoms with E-state index in [0.717, 1.165) is 10.5 Å². The van der Waals surface area contributed by atoms with Crippen LogP contribution in [0.25, 0.3) is 0 Å². The highest BCUT2D eigenvalue weighted by Gasteiger charge is 2.44. The zero-order valence-electron chi connectivity index (χ0n) is 15.8. The van der Waals surface area contributed by atoms with Crippen molar-refractivity contribution in [3.63, 3.8) is 0 Å². The predicted octanol–water partition coefficient (Wildman–Crippen LogP) is 3.26. The lowest BCUT2D eigenvalue weighted by Gasteiger charge is -2.28. The van der Waals surface area contributed by atoms with Crippen molar-refractivity contribution in [3.8, 4) is 5.75 Å². The molecule has 0 unspecified atom stereocenters. The van der Waals surface area contributed by atoms with Gasteiger partial charge in [0.25, 0.3) is 11.8 Å². The van der Waals surface area contributed by atoms with Gasteiger partial charge < -0.3 is 10.1 Å². The van der Waals surface area contributed by atoms with Gasteiger partial charge in [-0.2, -0.15) is 0 Å². The number of methoxy groups -OCH3 is 1. The van der Waals surface area contributed by atoms with Gasteiger partial charge in [-0.05, 0) is 42.7 Å². The molecule has 1 aliphatic rings. The molecule has 0 aliphatic carbocycles. The summed E-state index contributed by atoms with van der Waals surface area (Å²) in [7, 11) is 1.52. The van der Waals surface area contributed by atoms with E-state index in [-0.39, 0.29) is 5.92 Å². The fraction of sp³-hybridized carbons (Fsp3) is 0.286. The number of benzene rings is 2. The SMILES string of the molecule is COc1ccc(C)cc1NC(=O)[C@@H](C(C)C)N1C(=O)c2ccccc2C1=O. The molecule has 0 fully saturated rings. The number of imide groups is 1. The summed E-state index contributed by atoms with van der Waals surface area (Å²) in [5, 5.41) is 2.82. The van der Waals surface area contributed by atoms with E-state index in [0.29, 0.717) is 22.6 Å². The molecule has 6 heteroatoms. The monoisotopic (exact) mass is 366 g/mol. The molecule has 1 N–H and O–H groups in total. The smallest absolute Gasteiger partial charge is 0.262 e. The molecule has 0 radical (unpaired) electrons. The Balaban J connectivity index is 1.93. The molecule has 1 aliphatic heterocycles. The topological polar surface area (TPSA) is 75.7 Å².